The van der Waals surface area contributed by atoms with Crippen LogP contribution in [0.15, 0.2) is 12.1 Å². The number of nitriles is 1. The fraction of sp³-hybridized carbons (Fsp3) is 0.485. The Morgan fingerprint density at radius 3 is 2.65 bits per heavy atom. The number of thiophene rings is 1. The number of hydrogen-bond donors (Lipinski definition) is 1. The maximum atomic E-state index is 17.2. The highest BCUT2D eigenvalue weighted by Gasteiger charge is 2.37. The molecule has 4 bridgehead atoms. The first-order valence-corrected chi connectivity index (χ1v) is 17.2. The molecule has 6 heterocycles. The van der Waals surface area contributed by atoms with Crippen molar-refractivity contribution in [2.75, 3.05) is 57.0 Å². The highest BCUT2D eigenvalue weighted by Crippen LogP contribution is 2.51. The standard InChI is InChI=1S/C33H34ClF2N7O2S/c1-41-10-3-6-21(41)22-7-4-12-42-11-2-5-17(16-42)43-13-14-44-29-25-28(39-33(45-22)40-32(25)43)27(36)24(26(29)34)18-8-9-20(35)30-23(18)19(15-37)31(38)46-30/h8-9,17,21-22H,2-7,10-14,16,38H2,1H3. The predicted octanol–water partition coefficient (Wildman–Crippen LogP) is 6.20. The van der Waals surface area contributed by atoms with E-state index in [1.807, 2.05) is 0 Å². The van der Waals surface area contributed by atoms with Gasteiger partial charge in [0.15, 0.2) is 11.6 Å². The highest BCUT2D eigenvalue weighted by atomic mass is 35.5. The molecule has 9 nitrogen and oxygen atoms in total. The van der Waals surface area contributed by atoms with Gasteiger partial charge < -0.3 is 25.0 Å². The number of hydrogen-bond acceptors (Lipinski definition) is 10. The first-order valence-electron chi connectivity index (χ1n) is 16.0. The van der Waals surface area contributed by atoms with Gasteiger partial charge in [0.2, 0.25) is 0 Å². The number of fused-ring (bicyclic) bond motifs is 5. The van der Waals surface area contributed by atoms with Crippen LogP contribution in [0.1, 0.15) is 44.1 Å². The van der Waals surface area contributed by atoms with Gasteiger partial charge in [-0.1, -0.05) is 17.7 Å². The molecule has 46 heavy (non-hydrogen) atoms. The van der Waals surface area contributed by atoms with Gasteiger partial charge in [0.25, 0.3) is 0 Å². The van der Waals surface area contributed by atoms with E-state index in [0.29, 0.717) is 24.4 Å². The van der Waals surface area contributed by atoms with Crippen LogP contribution in [0.2, 0.25) is 5.02 Å². The van der Waals surface area contributed by atoms with E-state index in [-0.39, 0.29) is 72.3 Å². The molecular formula is C33H34ClF2N7O2S. The van der Waals surface area contributed by atoms with E-state index in [9.17, 15) is 9.65 Å². The van der Waals surface area contributed by atoms with Crippen molar-refractivity contribution in [2.24, 2.45) is 0 Å². The van der Waals surface area contributed by atoms with E-state index >= 15 is 4.39 Å². The number of halogens is 3. The van der Waals surface area contributed by atoms with Crippen molar-refractivity contribution in [1.82, 2.24) is 19.8 Å². The molecule has 8 rings (SSSR count). The van der Waals surface area contributed by atoms with Crippen molar-refractivity contribution >= 4 is 54.7 Å². The van der Waals surface area contributed by atoms with E-state index < -0.39 is 11.6 Å². The number of benzene rings is 2. The Bertz CT molecular complexity index is 1920. The number of nitrogens with zero attached hydrogens (tertiary/aromatic N) is 6. The van der Waals surface area contributed by atoms with Gasteiger partial charge in [0.05, 0.1) is 27.2 Å². The topological polar surface area (TPSA) is 104 Å². The van der Waals surface area contributed by atoms with Crippen LogP contribution >= 0.6 is 22.9 Å². The van der Waals surface area contributed by atoms with Gasteiger partial charge in [-0.2, -0.15) is 15.2 Å². The van der Waals surface area contributed by atoms with Gasteiger partial charge in [-0.05, 0) is 76.8 Å². The quantitative estimate of drug-likeness (QED) is 0.268. The van der Waals surface area contributed by atoms with Crippen LogP contribution in [0.25, 0.3) is 32.1 Å². The van der Waals surface area contributed by atoms with Gasteiger partial charge in [0.1, 0.15) is 40.9 Å². The first kappa shape index (κ1) is 29.9. The van der Waals surface area contributed by atoms with Crippen LogP contribution in [-0.2, 0) is 0 Å². The van der Waals surface area contributed by atoms with E-state index in [0.717, 1.165) is 76.0 Å². The average Bonchev–Trinajstić information content (AvgIpc) is 3.57. The van der Waals surface area contributed by atoms with E-state index in [1.54, 1.807) is 0 Å². The zero-order chi connectivity index (χ0) is 31.7. The predicted molar refractivity (Wildman–Crippen MR) is 176 cm³/mol. The Labute approximate surface area is 274 Å². The molecule has 2 N–H and O–H groups in total. The summed E-state index contributed by atoms with van der Waals surface area (Å²) in [5.74, 6) is -0.447. The van der Waals surface area contributed by atoms with Gasteiger partial charge in [0, 0.05) is 29.6 Å². The third kappa shape index (κ3) is 4.74. The Kier molecular flexibility index (Phi) is 7.55. The Morgan fingerprint density at radius 1 is 1.07 bits per heavy atom. The second kappa shape index (κ2) is 11.6. The average molecular weight is 666 g/mol. The summed E-state index contributed by atoms with van der Waals surface area (Å²) in [4.78, 5) is 16.8. The van der Waals surface area contributed by atoms with Crippen molar-refractivity contribution in [3.63, 3.8) is 0 Å². The fourth-order valence-electron chi connectivity index (χ4n) is 7.96. The molecule has 0 radical (unpaired) electrons. The number of piperidine rings is 1. The lowest BCUT2D eigenvalue weighted by Gasteiger charge is -2.40. The summed E-state index contributed by atoms with van der Waals surface area (Å²) < 4.78 is 45.4. The van der Waals surface area contributed by atoms with Gasteiger partial charge in [-0.15, -0.1) is 11.3 Å². The fourth-order valence-corrected chi connectivity index (χ4v) is 9.24. The molecule has 4 atom stereocenters. The maximum absolute atomic E-state index is 17.2. The molecule has 2 saturated heterocycles. The molecule has 4 aliphatic rings. The summed E-state index contributed by atoms with van der Waals surface area (Å²) in [6.45, 7) is 4.74. The molecule has 0 saturated carbocycles. The number of aromatic nitrogens is 2. The van der Waals surface area contributed by atoms with E-state index in [2.05, 4.69) is 27.8 Å². The lowest BCUT2D eigenvalue weighted by molar-refractivity contribution is 0.0832. The number of likely N-dealkylation sites (N-methyl/N-ethyl adjacent to an activating group) is 1. The van der Waals surface area contributed by atoms with Crippen LogP contribution in [-0.4, -0.2) is 84.3 Å². The summed E-state index contributed by atoms with van der Waals surface area (Å²) >= 11 is 8.02. The third-order valence-corrected chi connectivity index (χ3v) is 11.5. The van der Waals surface area contributed by atoms with Crippen LogP contribution in [0.5, 0.6) is 11.8 Å². The van der Waals surface area contributed by atoms with Crippen molar-refractivity contribution in [2.45, 2.75) is 56.7 Å². The Morgan fingerprint density at radius 2 is 1.87 bits per heavy atom. The number of ether oxygens (including phenoxy) is 2. The zero-order valence-electron chi connectivity index (χ0n) is 25.5. The summed E-state index contributed by atoms with van der Waals surface area (Å²) in [5, 5.41) is 10.7. The van der Waals surface area contributed by atoms with Gasteiger partial charge in [-0.25, -0.2) is 8.78 Å². The largest absolute Gasteiger partial charge is 0.489 e. The molecular weight excluding hydrogens is 632 g/mol. The summed E-state index contributed by atoms with van der Waals surface area (Å²) in [5.41, 5.74) is 6.44. The molecule has 4 unspecified atom stereocenters. The van der Waals surface area contributed by atoms with Crippen molar-refractivity contribution in [1.29, 1.82) is 5.26 Å². The van der Waals surface area contributed by atoms with Crippen molar-refractivity contribution in [3.05, 3.63) is 34.4 Å². The monoisotopic (exact) mass is 665 g/mol. The van der Waals surface area contributed by atoms with Crippen molar-refractivity contribution in [3.8, 4) is 29.0 Å². The van der Waals surface area contributed by atoms with Crippen LogP contribution < -0.4 is 20.1 Å². The normalized spacial score (nSPS) is 25.1. The zero-order valence-corrected chi connectivity index (χ0v) is 27.1. The Hall–Kier alpha value is -3.50. The molecule has 4 aromatic rings. The van der Waals surface area contributed by atoms with E-state index in [1.165, 1.54) is 12.1 Å². The minimum absolute atomic E-state index is 0.0173. The molecule has 2 aromatic carbocycles. The smallest absolute Gasteiger partial charge is 0.319 e. The number of rotatable bonds is 2. The minimum atomic E-state index is -0.712. The van der Waals surface area contributed by atoms with Gasteiger partial charge in [-0.3, -0.25) is 4.90 Å². The highest BCUT2D eigenvalue weighted by molar-refractivity contribution is 7.23. The van der Waals surface area contributed by atoms with E-state index in [4.69, 9.17) is 36.8 Å². The molecule has 240 valence electrons. The van der Waals surface area contributed by atoms with Gasteiger partial charge >= 0.3 is 6.01 Å². The minimum Gasteiger partial charge on any atom is -0.489 e. The second-order valence-corrected chi connectivity index (χ2v) is 14.2. The van der Waals surface area contributed by atoms with Crippen LogP contribution in [0.3, 0.4) is 0 Å². The van der Waals surface area contributed by atoms with Crippen LogP contribution in [0, 0.1) is 23.0 Å². The first-order chi connectivity index (χ1) is 22.3. The summed E-state index contributed by atoms with van der Waals surface area (Å²) in [6.07, 6.45) is 5.79. The number of anilines is 2. The summed E-state index contributed by atoms with van der Waals surface area (Å²) in [6, 6.07) is 5.22. The molecule has 2 aromatic heterocycles. The Balaban J connectivity index is 1.39. The molecule has 0 spiro atoms. The lowest BCUT2D eigenvalue weighted by atomic mass is 9.96. The number of nitrogens with two attached hydrogens (primary N) is 1. The van der Waals surface area contributed by atoms with Crippen LogP contribution in [0.4, 0.5) is 19.6 Å². The molecule has 0 aliphatic carbocycles. The number of nitrogen functional groups attached to an aromatic ring is 1. The second-order valence-electron chi connectivity index (χ2n) is 12.8. The lowest BCUT2D eigenvalue weighted by Crippen LogP contribution is -2.50. The maximum Gasteiger partial charge on any atom is 0.319 e. The third-order valence-electron chi connectivity index (χ3n) is 10.1. The van der Waals surface area contributed by atoms with Crippen molar-refractivity contribution < 1.29 is 18.3 Å². The molecule has 4 aliphatic heterocycles. The summed E-state index contributed by atoms with van der Waals surface area (Å²) in [7, 11) is 2.12. The molecule has 2 fully saturated rings. The number of likely N-dealkylation sites (tertiary alicyclic amines) is 1. The SMILES string of the molecule is CN1CCCC1C1CCCN2CCCC(C2)N2CCOc3c(Cl)c(-c4ccc(F)c5sc(N)c(C#N)c45)c(F)c4nc(nc2c34)O1. The molecule has 13 heteroatoms. The molecule has 0 amide bonds.